The van der Waals surface area contributed by atoms with E-state index in [1.165, 1.54) is 5.56 Å². The molecule has 0 aliphatic rings. The van der Waals surface area contributed by atoms with Crippen LogP contribution in [0.3, 0.4) is 0 Å². The predicted molar refractivity (Wildman–Crippen MR) is 104 cm³/mol. The van der Waals surface area contributed by atoms with Gasteiger partial charge in [-0.25, -0.2) is 0 Å². The third-order valence-corrected chi connectivity index (χ3v) is 3.24. The van der Waals surface area contributed by atoms with E-state index in [2.05, 4.69) is 58.9 Å². The molecular weight excluding hydrogens is 391 g/mol. The smallest absolute Gasteiger partial charge is 0.191 e. The summed E-state index contributed by atoms with van der Waals surface area (Å²) < 4.78 is 5.31. The molecule has 6 heteroatoms. The van der Waals surface area contributed by atoms with Gasteiger partial charge in [0.05, 0.1) is 12.6 Å². The lowest BCUT2D eigenvalue weighted by atomic mass is 10.1. The number of benzene rings is 1. The van der Waals surface area contributed by atoms with E-state index in [-0.39, 0.29) is 24.0 Å². The number of ether oxygens (including phenoxy) is 1. The minimum atomic E-state index is 0. The van der Waals surface area contributed by atoms with E-state index in [9.17, 15) is 0 Å². The van der Waals surface area contributed by atoms with Gasteiger partial charge in [0.2, 0.25) is 0 Å². The Balaban J connectivity index is 0.00000441. The van der Waals surface area contributed by atoms with E-state index in [1.807, 2.05) is 13.0 Å². The van der Waals surface area contributed by atoms with Gasteiger partial charge < -0.3 is 20.3 Å². The molecule has 0 saturated carbocycles. The fourth-order valence-corrected chi connectivity index (χ4v) is 2.07. The van der Waals surface area contributed by atoms with Crippen molar-refractivity contribution in [1.29, 1.82) is 0 Å². The Bertz CT molecular complexity index is 412. The topological polar surface area (TPSA) is 48.9 Å². The Morgan fingerprint density at radius 3 is 2.45 bits per heavy atom. The molecule has 22 heavy (non-hydrogen) atoms. The summed E-state index contributed by atoms with van der Waals surface area (Å²) in [5.41, 5.74) is 1.29. The van der Waals surface area contributed by atoms with Gasteiger partial charge in [-0.2, -0.15) is 0 Å². The van der Waals surface area contributed by atoms with E-state index in [0.717, 1.165) is 25.7 Å². The van der Waals surface area contributed by atoms with Crippen molar-refractivity contribution in [2.75, 3.05) is 47.4 Å². The maximum atomic E-state index is 5.31. The number of aliphatic imine (C=N–C) groups is 1. The van der Waals surface area contributed by atoms with Gasteiger partial charge in [-0.1, -0.05) is 30.3 Å². The molecule has 0 fully saturated rings. The highest BCUT2D eigenvalue weighted by molar-refractivity contribution is 14.0. The van der Waals surface area contributed by atoms with Crippen molar-refractivity contribution in [3.63, 3.8) is 0 Å². The van der Waals surface area contributed by atoms with Crippen LogP contribution in [0.1, 0.15) is 18.5 Å². The van der Waals surface area contributed by atoms with Crippen LogP contribution in [-0.2, 0) is 4.74 Å². The van der Waals surface area contributed by atoms with Crippen LogP contribution in [0.5, 0.6) is 0 Å². The largest absolute Gasteiger partial charge is 0.380 e. The zero-order valence-corrected chi connectivity index (χ0v) is 16.3. The van der Waals surface area contributed by atoms with E-state index in [1.54, 1.807) is 7.05 Å². The number of hydrogen-bond acceptors (Lipinski definition) is 3. The van der Waals surface area contributed by atoms with Crippen molar-refractivity contribution in [2.24, 2.45) is 4.99 Å². The van der Waals surface area contributed by atoms with Gasteiger partial charge in [0, 0.05) is 26.7 Å². The molecule has 1 aromatic carbocycles. The molecule has 0 bridgehead atoms. The lowest BCUT2D eigenvalue weighted by molar-refractivity contribution is 0.152. The molecule has 126 valence electrons. The Morgan fingerprint density at radius 2 is 1.91 bits per heavy atom. The third kappa shape index (κ3) is 7.95. The first-order valence-electron chi connectivity index (χ1n) is 7.42. The van der Waals surface area contributed by atoms with Gasteiger partial charge in [-0.15, -0.1) is 24.0 Å². The van der Waals surface area contributed by atoms with Crippen molar-refractivity contribution in [3.05, 3.63) is 35.9 Å². The third-order valence-electron chi connectivity index (χ3n) is 3.24. The van der Waals surface area contributed by atoms with Crippen LogP contribution in [0.15, 0.2) is 35.3 Å². The van der Waals surface area contributed by atoms with E-state index >= 15 is 0 Å². The number of nitrogens with zero attached hydrogens (tertiary/aromatic N) is 2. The molecule has 1 unspecified atom stereocenters. The lowest BCUT2D eigenvalue weighted by Crippen LogP contribution is -2.42. The van der Waals surface area contributed by atoms with Crippen molar-refractivity contribution < 1.29 is 4.74 Å². The lowest BCUT2D eigenvalue weighted by Gasteiger charge is -2.26. The molecular formula is C16H29IN4O. The second-order valence-corrected chi connectivity index (χ2v) is 4.97. The molecule has 2 N–H and O–H groups in total. The highest BCUT2D eigenvalue weighted by Crippen LogP contribution is 2.16. The van der Waals surface area contributed by atoms with E-state index < -0.39 is 0 Å². The van der Waals surface area contributed by atoms with E-state index in [4.69, 9.17) is 4.74 Å². The molecule has 0 heterocycles. The Labute approximate surface area is 151 Å². The Kier molecular flexibility index (Phi) is 12.2. The van der Waals surface area contributed by atoms with Gasteiger partial charge in [-0.3, -0.25) is 4.99 Å². The van der Waals surface area contributed by atoms with E-state index in [0.29, 0.717) is 12.6 Å². The SMILES string of the molecule is CCOCCNC(=NC)NCC(c1ccccc1)N(C)C.I. The average Bonchev–Trinajstić information content (AvgIpc) is 2.50. The second-order valence-electron chi connectivity index (χ2n) is 4.97. The number of nitrogens with one attached hydrogen (secondary N) is 2. The standard InChI is InChI=1S/C16H28N4O.HI/c1-5-21-12-11-18-16(17-2)19-13-15(20(3)4)14-9-7-6-8-10-14;/h6-10,15H,5,11-13H2,1-4H3,(H2,17,18,19);1H. The number of likely N-dealkylation sites (N-methyl/N-ethyl adjacent to an activating group) is 1. The van der Waals surface area contributed by atoms with Crippen molar-refractivity contribution in [1.82, 2.24) is 15.5 Å². The summed E-state index contributed by atoms with van der Waals surface area (Å²) in [6.45, 7) is 4.98. The van der Waals surface area contributed by atoms with Crippen molar-refractivity contribution in [3.8, 4) is 0 Å². The molecule has 0 spiro atoms. The monoisotopic (exact) mass is 420 g/mol. The van der Waals surface area contributed by atoms with Gasteiger partial charge in [0.1, 0.15) is 0 Å². The summed E-state index contributed by atoms with van der Waals surface area (Å²) in [6, 6.07) is 10.8. The van der Waals surface area contributed by atoms with Crippen molar-refractivity contribution in [2.45, 2.75) is 13.0 Å². The van der Waals surface area contributed by atoms with Crippen LogP contribution < -0.4 is 10.6 Å². The number of guanidine groups is 1. The first kappa shape index (κ1) is 21.1. The number of halogens is 1. The zero-order valence-electron chi connectivity index (χ0n) is 14.0. The van der Waals surface area contributed by atoms with Gasteiger partial charge in [0.25, 0.3) is 0 Å². The van der Waals surface area contributed by atoms with Crippen LogP contribution >= 0.6 is 24.0 Å². The number of rotatable bonds is 8. The summed E-state index contributed by atoms with van der Waals surface area (Å²) in [5.74, 6) is 0.803. The fraction of sp³-hybridized carbons (Fsp3) is 0.562. The minimum Gasteiger partial charge on any atom is -0.380 e. The molecule has 1 rings (SSSR count). The van der Waals surface area contributed by atoms with Gasteiger partial charge in [-0.05, 0) is 26.6 Å². The molecule has 1 atom stereocenters. The molecule has 1 aromatic rings. The Morgan fingerprint density at radius 1 is 1.23 bits per heavy atom. The van der Waals surface area contributed by atoms with Crippen molar-refractivity contribution >= 4 is 29.9 Å². The fourth-order valence-electron chi connectivity index (χ4n) is 2.07. The van der Waals surface area contributed by atoms with Gasteiger partial charge >= 0.3 is 0 Å². The highest BCUT2D eigenvalue weighted by atomic mass is 127. The zero-order chi connectivity index (χ0) is 15.5. The summed E-state index contributed by atoms with van der Waals surface area (Å²) in [4.78, 5) is 6.44. The first-order chi connectivity index (χ1) is 10.2. The summed E-state index contributed by atoms with van der Waals surface area (Å²) >= 11 is 0. The molecule has 0 radical (unpaired) electrons. The highest BCUT2D eigenvalue weighted by Gasteiger charge is 2.13. The maximum absolute atomic E-state index is 5.31. The first-order valence-corrected chi connectivity index (χ1v) is 7.42. The quantitative estimate of drug-likeness (QED) is 0.293. The molecule has 0 aromatic heterocycles. The molecule has 0 aliphatic carbocycles. The summed E-state index contributed by atoms with van der Waals surface area (Å²) in [6.07, 6.45) is 0. The summed E-state index contributed by atoms with van der Waals surface area (Å²) in [5, 5.41) is 6.61. The summed E-state index contributed by atoms with van der Waals surface area (Å²) in [7, 11) is 5.96. The minimum absolute atomic E-state index is 0. The predicted octanol–water partition coefficient (Wildman–Crippen LogP) is 2.11. The van der Waals surface area contributed by atoms with Crippen LogP contribution in [0.2, 0.25) is 0 Å². The van der Waals surface area contributed by atoms with Gasteiger partial charge in [0.15, 0.2) is 5.96 Å². The second kappa shape index (κ2) is 12.7. The maximum Gasteiger partial charge on any atom is 0.191 e. The average molecular weight is 420 g/mol. The Hall–Kier alpha value is -0.860. The molecule has 5 nitrogen and oxygen atoms in total. The molecule has 0 aliphatic heterocycles. The normalized spacial score (nSPS) is 12.7. The van der Waals surface area contributed by atoms with Crippen LogP contribution in [0.25, 0.3) is 0 Å². The molecule has 0 amide bonds. The van der Waals surface area contributed by atoms with Crippen LogP contribution in [0.4, 0.5) is 0 Å². The number of hydrogen-bond donors (Lipinski definition) is 2. The van der Waals surface area contributed by atoms with Crippen LogP contribution in [0, 0.1) is 0 Å². The molecule has 0 saturated heterocycles. The van der Waals surface area contributed by atoms with Crippen LogP contribution in [-0.4, -0.2) is 58.3 Å².